The van der Waals surface area contributed by atoms with Gasteiger partial charge in [-0.15, -0.1) is 0 Å². The van der Waals surface area contributed by atoms with Crippen LogP contribution < -0.4 is 0 Å². The largest absolute Gasteiger partial charge is 0.455 e. The summed E-state index contributed by atoms with van der Waals surface area (Å²) in [7, 11) is 0. The van der Waals surface area contributed by atoms with Crippen LogP contribution in [0.15, 0.2) is 45.7 Å². The molecule has 0 radical (unpaired) electrons. The molecule has 0 amide bonds. The number of esters is 1. The Labute approximate surface area is 215 Å². The summed E-state index contributed by atoms with van der Waals surface area (Å²) in [6, 6.07) is 4.65. The number of hydrogen-bond donors (Lipinski definition) is 2. The Morgan fingerprint density at radius 2 is 1.66 bits per heavy atom. The zero-order valence-corrected chi connectivity index (χ0v) is 20.0. The molecule has 202 valence electrons. The van der Waals surface area contributed by atoms with Crippen LogP contribution in [0.3, 0.4) is 0 Å². The third-order valence-corrected chi connectivity index (χ3v) is 6.53. The van der Waals surface area contributed by atoms with Crippen molar-refractivity contribution in [1.29, 1.82) is 0 Å². The van der Waals surface area contributed by atoms with E-state index in [1.807, 2.05) is 0 Å². The summed E-state index contributed by atoms with van der Waals surface area (Å²) >= 11 is 0. The molecule has 17 heteroatoms. The molecule has 0 bridgehead atoms. The van der Waals surface area contributed by atoms with E-state index in [0.29, 0.717) is 0 Å². The highest BCUT2D eigenvalue weighted by Gasteiger charge is 2.54. The van der Waals surface area contributed by atoms with Crippen molar-refractivity contribution in [2.75, 3.05) is 6.61 Å². The minimum Gasteiger partial charge on any atom is -0.455 e. The van der Waals surface area contributed by atoms with E-state index in [4.69, 9.17) is 34.7 Å². The van der Waals surface area contributed by atoms with Crippen LogP contribution in [-0.2, 0) is 23.7 Å². The summed E-state index contributed by atoms with van der Waals surface area (Å²) in [5, 5.41) is 32.1. The topological polar surface area (TPSA) is 250 Å². The maximum atomic E-state index is 13.0. The van der Waals surface area contributed by atoms with Gasteiger partial charge in [0.2, 0.25) is 0 Å². The Hall–Kier alpha value is -3.62. The number of fused-ring (bicyclic) bond motifs is 1. The molecule has 2 N–H and O–H groups in total. The molecule has 38 heavy (non-hydrogen) atoms. The van der Waals surface area contributed by atoms with Gasteiger partial charge in [0.15, 0.2) is 12.6 Å². The number of nitrogens with zero attached hydrogens (tertiary/aromatic N) is 9. The number of aliphatic hydroxyl groups excluding tert-OH is 2. The van der Waals surface area contributed by atoms with Crippen LogP contribution in [0.25, 0.3) is 31.3 Å². The van der Waals surface area contributed by atoms with Gasteiger partial charge in [-0.3, -0.25) is 0 Å². The highest BCUT2D eigenvalue weighted by molar-refractivity contribution is 5.89. The Bertz CT molecular complexity index is 1140. The van der Waals surface area contributed by atoms with Gasteiger partial charge in [0, 0.05) is 14.7 Å². The maximum Gasteiger partial charge on any atom is 0.338 e. The van der Waals surface area contributed by atoms with E-state index < -0.39 is 73.3 Å². The molecule has 1 aliphatic carbocycles. The zero-order chi connectivity index (χ0) is 27.2. The van der Waals surface area contributed by atoms with Crippen LogP contribution in [0, 0.1) is 0 Å². The van der Waals surface area contributed by atoms with Crippen LogP contribution in [0.5, 0.6) is 0 Å². The second-order valence-electron chi connectivity index (χ2n) is 8.84. The van der Waals surface area contributed by atoms with E-state index in [9.17, 15) is 20.5 Å². The molecule has 11 atom stereocenters. The second-order valence-corrected chi connectivity index (χ2v) is 8.84. The summed E-state index contributed by atoms with van der Waals surface area (Å²) in [5.41, 5.74) is 27.4. The quantitative estimate of drug-likeness (QED) is 0.228. The lowest BCUT2D eigenvalue weighted by atomic mass is 9.84. The second kappa shape index (κ2) is 12.3. The van der Waals surface area contributed by atoms with Gasteiger partial charge >= 0.3 is 5.97 Å². The van der Waals surface area contributed by atoms with Crippen molar-refractivity contribution in [3.8, 4) is 0 Å². The van der Waals surface area contributed by atoms with Gasteiger partial charge in [0.05, 0.1) is 36.5 Å². The first-order chi connectivity index (χ1) is 18.4. The van der Waals surface area contributed by atoms with Crippen LogP contribution in [-0.4, -0.2) is 90.1 Å². The smallest absolute Gasteiger partial charge is 0.338 e. The molecule has 0 spiro atoms. The summed E-state index contributed by atoms with van der Waals surface area (Å²) in [6.45, 7) is 1.66. The van der Waals surface area contributed by atoms with E-state index in [1.54, 1.807) is 37.3 Å². The average Bonchev–Trinajstić information content (AvgIpc) is 2.92. The first kappa shape index (κ1) is 27.4. The minimum atomic E-state index is -1.67. The molecule has 1 saturated carbocycles. The van der Waals surface area contributed by atoms with Crippen molar-refractivity contribution >= 4 is 5.97 Å². The van der Waals surface area contributed by atoms with Crippen molar-refractivity contribution < 1.29 is 38.7 Å². The summed E-state index contributed by atoms with van der Waals surface area (Å²) in [4.78, 5) is 21.2. The van der Waals surface area contributed by atoms with Crippen molar-refractivity contribution in [1.82, 2.24) is 0 Å². The van der Waals surface area contributed by atoms with Gasteiger partial charge < -0.3 is 33.9 Å². The van der Waals surface area contributed by atoms with Crippen molar-refractivity contribution in [3.05, 3.63) is 67.2 Å². The molecule has 1 aromatic rings. The summed E-state index contributed by atoms with van der Waals surface area (Å²) in [5.74, 6) is -0.715. The number of carbonyl (C=O) groups excluding carboxylic acids is 1. The molecule has 2 saturated heterocycles. The zero-order valence-electron chi connectivity index (χ0n) is 20.0. The van der Waals surface area contributed by atoms with Crippen LogP contribution in [0.1, 0.15) is 23.7 Å². The third kappa shape index (κ3) is 5.76. The molecule has 3 fully saturated rings. The number of carbonyl (C=O) groups is 1. The van der Waals surface area contributed by atoms with Gasteiger partial charge in [-0.05, 0) is 42.1 Å². The number of aliphatic hydroxyl groups is 2. The maximum absolute atomic E-state index is 13.0. The summed E-state index contributed by atoms with van der Waals surface area (Å²) < 4.78 is 29.0. The van der Waals surface area contributed by atoms with Gasteiger partial charge in [-0.25, -0.2) is 4.79 Å². The number of rotatable bonds is 7. The van der Waals surface area contributed by atoms with E-state index in [0.717, 1.165) is 0 Å². The van der Waals surface area contributed by atoms with Crippen LogP contribution in [0.2, 0.25) is 0 Å². The van der Waals surface area contributed by atoms with Crippen LogP contribution in [0.4, 0.5) is 0 Å². The summed E-state index contributed by atoms with van der Waals surface area (Å²) in [6.07, 6.45) is -9.79. The monoisotopic (exact) mass is 531 g/mol. The molecule has 1 aromatic carbocycles. The fourth-order valence-corrected chi connectivity index (χ4v) is 4.73. The predicted molar refractivity (Wildman–Crippen MR) is 125 cm³/mol. The van der Waals surface area contributed by atoms with Gasteiger partial charge in [0.1, 0.15) is 30.5 Å². The fourth-order valence-electron chi connectivity index (χ4n) is 4.73. The molecular formula is C21H25N9O8. The molecule has 0 aromatic heterocycles. The van der Waals surface area contributed by atoms with Crippen molar-refractivity contribution in [2.45, 2.75) is 80.7 Å². The Morgan fingerprint density at radius 3 is 2.34 bits per heavy atom. The number of azide groups is 3. The lowest BCUT2D eigenvalue weighted by molar-refractivity contribution is -0.345. The molecule has 6 unspecified atom stereocenters. The van der Waals surface area contributed by atoms with E-state index in [2.05, 4.69) is 30.1 Å². The molecule has 4 rings (SSSR count). The highest BCUT2D eigenvalue weighted by atomic mass is 16.8. The number of ether oxygens (including phenoxy) is 5. The van der Waals surface area contributed by atoms with Crippen LogP contribution >= 0.6 is 0 Å². The third-order valence-electron chi connectivity index (χ3n) is 6.53. The SMILES string of the molecule is CC1OCC2O[C@H](O[C@@H]3C(N=[N+]=[N-])C[C@@H](N=[N+]=[N-])[C@@H](O)C3O)C(N=[N+]=[N-])C(OC(=O)c3ccccc3)[C@@H]2O1. The van der Waals surface area contributed by atoms with E-state index >= 15 is 0 Å². The number of benzene rings is 1. The predicted octanol–water partition coefficient (Wildman–Crippen LogP) is 2.25. The Morgan fingerprint density at radius 1 is 0.974 bits per heavy atom. The van der Waals surface area contributed by atoms with E-state index in [-0.39, 0.29) is 18.6 Å². The first-order valence-corrected chi connectivity index (χ1v) is 11.7. The average molecular weight is 531 g/mol. The molecular weight excluding hydrogens is 506 g/mol. The highest BCUT2D eigenvalue weighted by Crippen LogP contribution is 2.36. The number of hydrogen-bond acceptors (Lipinski definition) is 11. The van der Waals surface area contributed by atoms with E-state index in [1.165, 1.54) is 0 Å². The normalized spacial score (nSPS) is 38.3. The van der Waals surface area contributed by atoms with Gasteiger partial charge in [-0.1, -0.05) is 33.5 Å². The lowest BCUT2D eigenvalue weighted by Crippen LogP contribution is -2.65. The molecule has 2 heterocycles. The lowest BCUT2D eigenvalue weighted by Gasteiger charge is -2.49. The van der Waals surface area contributed by atoms with Gasteiger partial charge in [0.25, 0.3) is 0 Å². The molecule has 2 aliphatic heterocycles. The first-order valence-electron chi connectivity index (χ1n) is 11.7. The minimum absolute atomic E-state index is 0.0165. The molecule has 3 aliphatic rings. The Balaban J connectivity index is 1.65. The fraction of sp³-hybridized carbons (Fsp3) is 0.667. The standard InChI is InChI=1S/C21H25N9O8/c1-9-34-8-13-18(35-9)19(37-20(33)10-5-3-2-4-6-10)14(27-30-24)21(36-13)38-17-12(26-29-23)7-11(25-28-22)15(31)16(17)32/h2-6,9,11-19,21,31-32H,7-8H2,1H3/t9?,11-,12?,13?,14?,15-,16?,17-,18-,19?,21-/m1/s1. The Kier molecular flexibility index (Phi) is 8.86. The van der Waals surface area contributed by atoms with Crippen molar-refractivity contribution in [3.63, 3.8) is 0 Å². The molecule has 17 nitrogen and oxygen atoms in total. The van der Waals surface area contributed by atoms with Crippen molar-refractivity contribution in [2.24, 2.45) is 15.3 Å². The van der Waals surface area contributed by atoms with Gasteiger partial charge in [-0.2, -0.15) is 0 Å².